The van der Waals surface area contributed by atoms with E-state index in [1.165, 1.54) is 0 Å². The Morgan fingerprint density at radius 3 is 2.04 bits per heavy atom. The maximum atomic E-state index is 5.48. The molecule has 0 aliphatic carbocycles. The molecule has 120 valence electrons. The van der Waals surface area contributed by atoms with E-state index >= 15 is 0 Å². The van der Waals surface area contributed by atoms with Crippen molar-refractivity contribution in [3.63, 3.8) is 0 Å². The molecule has 0 radical (unpaired) electrons. The van der Waals surface area contributed by atoms with E-state index in [0.29, 0.717) is 19.0 Å². The number of nitrogens with zero attached hydrogens (tertiary/aromatic N) is 4. The summed E-state index contributed by atoms with van der Waals surface area (Å²) in [6.07, 6.45) is 0. The van der Waals surface area contributed by atoms with Gasteiger partial charge in [0.1, 0.15) is 5.69 Å². The van der Waals surface area contributed by atoms with Crippen LogP contribution in [0.2, 0.25) is 0 Å². The predicted octanol–water partition coefficient (Wildman–Crippen LogP) is 3.04. The van der Waals surface area contributed by atoms with Gasteiger partial charge in [-0.05, 0) is 0 Å². The van der Waals surface area contributed by atoms with Crippen LogP contribution in [-0.4, -0.2) is 41.5 Å². The number of hydrogen-bond acceptors (Lipinski definition) is 5. The second kappa shape index (κ2) is 6.76. The topological polar surface area (TPSA) is 51.1 Å². The summed E-state index contributed by atoms with van der Waals surface area (Å²) in [7, 11) is 0. The van der Waals surface area contributed by atoms with Gasteiger partial charge in [-0.2, -0.15) is 0 Å². The van der Waals surface area contributed by atoms with Crippen LogP contribution in [0, 0.1) is 0 Å². The Morgan fingerprint density at radius 2 is 1.38 bits per heavy atom. The quantitative estimate of drug-likeness (QED) is 0.743. The second-order valence-electron chi connectivity index (χ2n) is 5.64. The van der Waals surface area contributed by atoms with Crippen molar-refractivity contribution >= 4 is 5.82 Å². The number of hydrogen-bond donors (Lipinski definition) is 0. The molecule has 2 heterocycles. The lowest BCUT2D eigenvalue weighted by molar-refractivity contribution is 0.122. The fourth-order valence-electron chi connectivity index (χ4n) is 2.81. The van der Waals surface area contributed by atoms with E-state index in [4.69, 9.17) is 9.72 Å². The SMILES string of the molecule is c1ccc(-c2nnc(-c3ccccc3)c(N3CCOCC3)n2)cc1. The van der Waals surface area contributed by atoms with Crippen LogP contribution in [0.3, 0.4) is 0 Å². The van der Waals surface area contributed by atoms with Crippen LogP contribution in [0.15, 0.2) is 60.7 Å². The molecule has 5 nitrogen and oxygen atoms in total. The van der Waals surface area contributed by atoms with Crippen LogP contribution in [0.4, 0.5) is 5.82 Å². The first-order valence-electron chi connectivity index (χ1n) is 8.10. The third-order valence-corrected chi connectivity index (χ3v) is 4.06. The van der Waals surface area contributed by atoms with E-state index in [0.717, 1.165) is 35.7 Å². The molecule has 1 fully saturated rings. The lowest BCUT2D eigenvalue weighted by Gasteiger charge is -2.29. The minimum absolute atomic E-state index is 0.650. The first-order chi connectivity index (χ1) is 11.9. The van der Waals surface area contributed by atoms with Crippen LogP contribution >= 0.6 is 0 Å². The zero-order valence-electron chi connectivity index (χ0n) is 13.3. The second-order valence-corrected chi connectivity index (χ2v) is 5.64. The average molecular weight is 318 g/mol. The molecule has 0 saturated carbocycles. The van der Waals surface area contributed by atoms with Gasteiger partial charge in [-0.1, -0.05) is 60.7 Å². The summed E-state index contributed by atoms with van der Waals surface area (Å²) in [6.45, 7) is 3.04. The number of rotatable bonds is 3. The van der Waals surface area contributed by atoms with E-state index in [-0.39, 0.29) is 0 Å². The molecule has 3 aromatic rings. The van der Waals surface area contributed by atoms with Crippen molar-refractivity contribution in [1.82, 2.24) is 15.2 Å². The summed E-state index contributed by atoms with van der Waals surface area (Å²) in [4.78, 5) is 7.07. The Morgan fingerprint density at radius 1 is 0.750 bits per heavy atom. The van der Waals surface area contributed by atoms with Crippen LogP contribution in [-0.2, 0) is 4.74 Å². The molecule has 4 rings (SSSR count). The number of aromatic nitrogens is 3. The highest BCUT2D eigenvalue weighted by atomic mass is 16.5. The summed E-state index contributed by atoms with van der Waals surface area (Å²) in [5.74, 6) is 1.52. The normalized spacial score (nSPS) is 14.6. The van der Waals surface area contributed by atoms with Crippen molar-refractivity contribution in [2.24, 2.45) is 0 Å². The Balaban J connectivity index is 1.81. The Hall–Kier alpha value is -2.79. The molecule has 1 aliphatic rings. The van der Waals surface area contributed by atoms with Gasteiger partial charge in [0.05, 0.1) is 13.2 Å². The van der Waals surface area contributed by atoms with Crippen molar-refractivity contribution in [2.45, 2.75) is 0 Å². The number of morpholine rings is 1. The van der Waals surface area contributed by atoms with Gasteiger partial charge in [-0.15, -0.1) is 10.2 Å². The summed E-state index contributed by atoms with van der Waals surface area (Å²) in [5, 5.41) is 8.87. The van der Waals surface area contributed by atoms with Gasteiger partial charge in [0.2, 0.25) is 0 Å². The van der Waals surface area contributed by atoms with Crippen LogP contribution in [0.1, 0.15) is 0 Å². The molecule has 0 bridgehead atoms. The molecule has 0 amide bonds. The molecule has 0 unspecified atom stereocenters. The highest BCUT2D eigenvalue weighted by molar-refractivity contribution is 5.73. The van der Waals surface area contributed by atoms with Gasteiger partial charge in [-0.25, -0.2) is 4.98 Å². The van der Waals surface area contributed by atoms with Gasteiger partial charge in [0.25, 0.3) is 0 Å². The highest BCUT2D eigenvalue weighted by Crippen LogP contribution is 2.29. The third kappa shape index (κ3) is 2.98. The molecular weight excluding hydrogens is 300 g/mol. The maximum Gasteiger partial charge on any atom is 0.183 e. The summed E-state index contributed by atoms with van der Waals surface area (Å²) < 4.78 is 5.48. The fraction of sp³-hybridized carbons (Fsp3) is 0.211. The Bertz CT molecular complexity index is 802. The number of anilines is 1. The van der Waals surface area contributed by atoms with Crippen molar-refractivity contribution in [3.05, 3.63) is 60.7 Å². The van der Waals surface area contributed by atoms with E-state index in [9.17, 15) is 0 Å². The molecule has 24 heavy (non-hydrogen) atoms. The molecule has 1 aromatic heterocycles. The Kier molecular flexibility index (Phi) is 4.16. The maximum absolute atomic E-state index is 5.48. The number of ether oxygens (including phenoxy) is 1. The van der Waals surface area contributed by atoms with Gasteiger partial charge in [-0.3, -0.25) is 0 Å². The van der Waals surface area contributed by atoms with E-state index in [1.54, 1.807) is 0 Å². The summed E-state index contributed by atoms with van der Waals surface area (Å²) >= 11 is 0. The fourth-order valence-corrected chi connectivity index (χ4v) is 2.81. The van der Waals surface area contributed by atoms with Crippen LogP contribution in [0.5, 0.6) is 0 Å². The lowest BCUT2D eigenvalue weighted by atomic mass is 10.1. The Labute approximate surface area is 141 Å². The van der Waals surface area contributed by atoms with E-state index < -0.39 is 0 Å². The molecular formula is C19H18N4O. The largest absolute Gasteiger partial charge is 0.378 e. The van der Waals surface area contributed by atoms with Crippen LogP contribution < -0.4 is 4.90 Å². The van der Waals surface area contributed by atoms with Crippen LogP contribution in [0.25, 0.3) is 22.6 Å². The molecule has 5 heteroatoms. The van der Waals surface area contributed by atoms with Gasteiger partial charge in [0, 0.05) is 24.2 Å². The van der Waals surface area contributed by atoms with Gasteiger partial charge >= 0.3 is 0 Å². The van der Waals surface area contributed by atoms with Gasteiger partial charge < -0.3 is 9.64 Å². The summed E-state index contributed by atoms with van der Waals surface area (Å²) in [6, 6.07) is 20.0. The monoisotopic (exact) mass is 318 g/mol. The molecule has 2 aromatic carbocycles. The predicted molar refractivity (Wildman–Crippen MR) is 93.7 cm³/mol. The molecule has 0 N–H and O–H groups in total. The zero-order valence-corrected chi connectivity index (χ0v) is 13.3. The van der Waals surface area contributed by atoms with Crippen molar-refractivity contribution in [1.29, 1.82) is 0 Å². The van der Waals surface area contributed by atoms with E-state index in [1.807, 2.05) is 60.7 Å². The first kappa shape index (κ1) is 14.8. The smallest absolute Gasteiger partial charge is 0.183 e. The summed E-state index contributed by atoms with van der Waals surface area (Å²) in [5.41, 5.74) is 2.81. The standard InChI is InChI=1S/C19H18N4O/c1-3-7-15(8-4-1)17-19(23-11-13-24-14-12-23)20-18(22-21-17)16-9-5-2-6-10-16/h1-10H,11-14H2. The average Bonchev–Trinajstić information content (AvgIpc) is 2.69. The third-order valence-electron chi connectivity index (χ3n) is 4.06. The lowest BCUT2D eigenvalue weighted by Crippen LogP contribution is -2.37. The highest BCUT2D eigenvalue weighted by Gasteiger charge is 2.20. The van der Waals surface area contributed by atoms with Gasteiger partial charge in [0.15, 0.2) is 11.6 Å². The van der Waals surface area contributed by atoms with Crippen molar-refractivity contribution in [3.8, 4) is 22.6 Å². The minimum Gasteiger partial charge on any atom is -0.378 e. The molecule has 0 spiro atoms. The minimum atomic E-state index is 0.650. The van der Waals surface area contributed by atoms with Crippen molar-refractivity contribution in [2.75, 3.05) is 31.2 Å². The van der Waals surface area contributed by atoms with Crippen molar-refractivity contribution < 1.29 is 4.74 Å². The molecule has 1 saturated heterocycles. The molecule has 0 atom stereocenters. The zero-order chi connectivity index (χ0) is 16.2. The molecule has 1 aliphatic heterocycles. The van der Waals surface area contributed by atoms with E-state index in [2.05, 4.69) is 15.1 Å². The number of benzene rings is 2. The first-order valence-corrected chi connectivity index (χ1v) is 8.10.